The molecule has 0 unspecified atom stereocenters. The van der Waals surface area contributed by atoms with Crippen molar-refractivity contribution < 1.29 is 23.8 Å². The van der Waals surface area contributed by atoms with Gasteiger partial charge in [-0.3, -0.25) is 9.59 Å². The zero-order valence-corrected chi connectivity index (χ0v) is 17.5. The van der Waals surface area contributed by atoms with E-state index in [-0.39, 0.29) is 30.3 Å². The zero-order chi connectivity index (χ0) is 22.0. The van der Waals surface area contributed by atoms with Gasteiger partial charge in [0.15, 0.2) is 0 Å². The van der Waals surface area contributed by atoms with E-state index in [9.17, 15) is 9.59 Å². The van der Waals surface area contributed by atoms with Crippen LogP contribution in [0.25, 0.3) is 10.9 Å². The quantitative estimate of drug-likeness (QED) is 0.544. The van der Waals surface area contributed by atoms with Crippen LogP contribution in [-0.4, -0.2) is 39.8 Å². The van der Waals surface area contributed by atoms with Gasteiger partial charge < -0.3 is 14.3 Å². The molecule has 1 aromatic carbocycles. The minimum absolute atomic E-state index is 0.0597. The third kappa shape index (κ3) is 4.39. The lowest BCUT2D eigenvalue weighted by Crippen LogP contribution is -2.27. The number of carboxylic acid groups (broad SMARTS) is 1. The van der Waals surface area contributed by atoms with Crippen LogP contribution in [0.4, 0.5) is 0 Å². The monoisotopic (exact) mass is 441 g/mol. The van der Waals surface area contributed by atoms with Gasteiger partial charge in [0.2, 0.25) is 5.91 Å². The molecule has 1 atom stereocenters. The molecule has 0 aliphatic carbocycles. The van der Waals surface area contributed by atoms with Crippen molar-refractivity contribution >= 4 is 40.1 Å². The smallest absolute Gasteiger partial charge is 0.303 e. The van der Waals surface area contributed by atoms with E-state index < -0.39 is 12.0 Å². The number of methoxy groups -OCH3 is 1. The van der Waals surface area contributed by atoms with Crippen LogP contribution in [0.1, 0.15) is 43.0 Å². The Kier molecular flexibility index (Phi) is 5.90. The van der Waals surface area contributed by atoms with Crippen molar-refractivity contribution in [3.8, 4) is 5.75 Å². The molecular formula is C22H20ClN3O5. The summed E-state index contributed by atoms with van der Waals surface area (Å²) in [7, 11) is 1.59. The van der Waals surface area contributed by atoms with Crippen LogP contribution in [0, 0.1) is 0 Å². The Balaban J connectivity index is 1.69. The van der Waals surface area contributed by atoms with Gasteiger partial charge in [0.05, 0.1) is 24.9 Å². The number of rotatable bonds is 7. The summed E-state index contributed by atoms with van der Waals surface area (Å²) in [5.74, 6) is 0.0244. The molecule has 1 aliphatic rings. The van der Waals surface area contributed by atoms with Crippen LogP contribution in [0.5, 0.6) is 5.75 Å². The van der Waals surface area contributed by atoms with Gasteiger partial charge in [-0.2, -0.15) is 5.10 Å². The number of benzene rings is 1. The van der Waals surface area contributed by atoms with E-state index in [4.69, 9.17) is 25.9 Å². The molecule has 3 heterocycles. The number of hydrazone groups is 1. The largest absolute Gasteiger partial charge is 0.497 e. The van der Waals surface area contributed by atoms with Crippen LogP contribution in [0.3, 0.4) is 0 Å². The van der Waals surface area contributed by atoms with E-state index in [2.05, 4.69) is 10.1 Å². The number of hydrogen-bond donors (Lipinski definition) is 1. The summed E-state index contributed by atoms with van der Waals surface area (Å²) in [6.45, 7) is 0. The Labute approximate surface area is 183 Å². The highest BCUT2D eigenvalue weighted by atomic mass is 35.5. The Bertz CT molecular complexity index is 1160. The van der Waals surface area contributed by atoms with Gasteiger partial charge in [-0.25, -0.2) is 9.99 Å². The number of ether oxygens (including phenoxy) is 1. The number of carboxylic acids is 1. The lowest BCUT2D eigenvalue weighted by atomic mass is 10.0. The zero-order valence-electron chi connectivity index (χ0n) is 16.7. The molecule has 1 aliphatic heterocycles. The van der Waals surface area contributed by atoms with E-state index in [1.54, 1.807) is 31.6 Å². The van der Waals surface area contributed by atoms with Crippen molar-refractivity contribution in [1.29, 1.82) is 0 Å². The molecule has 0 fully saturated rings. The van der Waals surface area contributed by atoms with Gasteiger partial charge in [-0.05, 0) is 42.8 Å². The Morgan fingerprint density at radius 1 is 1.29 bits per heavy atom. The molecule has 0 saturated carbocycles. The third-order valence-corrected chi connectivity index (χ3v) is 5.42. The number of pyridine rings is 1. The maximum Gasteiger partial charge on any atom is 0.303 e. The predicted molar refractivity (Wildman–Crippen MR) is 114 cm³/mol. The minimum atomic E-state index is -0.943. The standard InChI is InChI=1S/C22H20ClN3O5/c1-30-14-7-8-16-13(10-14)11-15(22(23)24-16)18-12-17(19-4-3-9-31-19)25-26(18)20(27)5-2-6-21(28)29/h3-4,7-11,18H,2,5-6,12H2,1H3,(H,28,29)/t18-/m1/s1. The SMILES string of the molecule is COc1ccc2nc(Cl)c([C@H]3CC(c4ccco4)=NN3C(=O)CCCC(=O)O)cc2c1. The number of nitrogens with zero attached hydrogens (tertiary/aromatic N) is 3. The number of aliphatic carboxylic acids is 1. The van der Waals surface area contributed by atoms with E-state index in [0.717, 1.165) is 5.39 Å². The summed E-state index contributed by atoms with van der Waals surface area (Å²) in [6, 6.07) is 10.4. The molecule has 3 aromatic rings. The molecule has 1 N–H and O–H groups in total. The van der Waals surface area contributed by atoms with Crippen molar-refractivity contribution in [1.82, 2.24) is 9.99 Å². The van der Waals surface area contributed by atoms with E-state index in [1.165, 1.54) is 5.01 Å². The first kappa shape index (κ1) is 20.9. The van der Waals surface area contributed by atoms with Crippen molar-refractivity contribution in [3.63, 3.8) is 0 Å². The average Bonchev–Trinajstić information content (AvgIpc) is 3.42. The highest BCUT2D eigenvalue weighted by Crippen LogP contribution is 2.38. The van der Waals surface area contributed by atoms with Crippen LogP contribution in [0.2, 0.25) is 5.15 Å². The van der Waals surface area contributed by atoms with Crippen LogP contribution < -0.4 is 4.74 Å². The summed E-state index contributed by atoms with van der Waals surface area (Å²) in [5.41, 5.74) is 1.97. The molecule has 1 amide bonds. The second-order valence-corrected chi connectivity index (χ2v) is 7.51. The second kappa shape index (κ2) is 8.77. The predicted octanol–water partition coefficient (Wildman–Crippen LogP) is 4.42. The average molecular weight is 442 g/mol. The molecule has 9 heteroatoms. The normalized spacial score (nSPS) is 15.9. The number of hydrogen-bond acceptors (Lipinski definition) is 6. The fourth-order valence-corrected chi connectivity index (χ4v) is 3.86. The van der Waals surface area contributed by atoms with Crippen molar-refractivity contribution in [2.45, 2.75) is 31.7 Å². The second-order valence-electron chi connectivity index (χ2n) is 7.16. The molecule has 0 radical (unpaired) electrons. The van der Waals surface area contributed by atoms with Gasteiger partial charge in [-0.1, -0.05) is 11.6 Å². The highest BCUT2D eigenvalue weighted by molar-refractivity contribution is 6.30. The van der Waals surface area contributed by atoms with Crippen molar-refractivity contribution in [2.24, 2.45) is 5.10 Å². The summed E-state index contributed by atoms with van der Waals surface area (Å²) in [5, 5.41) is 15.8. The van der Waals surface area contributed by atoms with E-state index in [1.807, 2.05) is 18.2 Å². The molecule has 8 nitrogen and oxygen atoms in total. The molecule has 2 aromatic heterocycles. The van der Waals surface area contributed by atoms with Gasteiger partial charge in [-0.15, -0.1) is 0 Å². The van der Waals surface area contributed by atoms with Crippen LogP contribution in [0.15, 0.2) is 52.2 Å². The minimum Gasteiger partial charge on any atom is -0.497 e. The maximum absolute atomic E-state index is 12.9. The fraction of sp³-hybridized carbons (Fsp3) is 0.273. The Morgan fingerprint density at radius 2 is 2.13 bits per heavy atom. The van der Waals surface area contributed by atoms with Gasteiger partial charge >= 0.3 is 5.97 Å². The molecule has 160 valence electrons. The highest BCUT2D eigenvalue weighted by Gasteiger charge is 2.35. The first-order valence-corrected chi connectivity index (χ1v) is 10.1. The molecule has 0 spiro atoms. The number of halogens is 1. The summed E-state index contributed by atoms with van der Waals surface area (Å²) in [6.07, 6.45) is 2.14. The molecule has 0 saturated heterocycles. The fourth-order valence-electron chi connectivity index (χ4n) is 3.59. The summed E-state index contributed by atoms with van der Waals surface area (Å²) < 4.78 is 10.8. The number of fused-ring (bicyclic) bond motifs is 1. The first-order chi connectivity index (χ1) is 15.0. The van der Waals surface area contributed by atoms with Crippen molar-refractivity contribution in [3.05, 3.63) is 59.1 Å². The number of carbonyl (C=O) groups excluding carboxylic acids is 1. The third-order valence-electron chi connectivity index (χ3n) is 5.11. The van der Waals surface area contributed by atoms with Crippen molar-refractivity contribution in [2.75, 3.05) is 7.11 Å². The first-order valence-electron chi connectivity index (χ1n) is 9.75. The number of furan rings is 1. The number of amides is 1. The maximum atomic E-state index is 12.9. The van der Waals surface area contributed by atoms with Crippen LogP contribution >= 0.6 is 11.6 Å². The lowest BCUT2D eigenvalue weighted by Gasteiger charge is -2.23. The topological polar surface area (TPSA) is 105 Å². The summed E-state index contributed by atoms with van der Waals surface area (Å²) >= 11 is 6.51. The molecule has 0 bridgehead atoms. The van der Waals surface area contributed by atoms with Gasteiger partial charge in [0.25, 0.3) is 0 Å². The van der Waals surface area contributed by atoms with Gasteiger partial charge in [0, 0.05) is 30.2 Å². The number of carbonyl (C=O) groups is 2. The van der Waals surface area contributed by atoms with Crippen LogP contribution in [-0.2, 0) is 9.59 Å². The van der Waals surface area contributed by atoms with Gasteiger partial charge in [0.1, 0.15) is 22.4 Å². The van der Waals surface area contributed by atoms with E-state index >= 15 is 0 Å². The summed E-state index contributed by atoms with van der Waals surface area (Å²) in [4.78, 5) is 28.2. The molecule has 31 heavy (non-hydrogen) atoms. The van der Waals surface area contributed by atoms with E-state index in [0.29, 0.717) is 34.7 Å². The number of aromatic nitrogens is 1. The molecular weight excluding hydrogens is 422 g/mol. The molecule has 4 rings (SSSR count). The Hall–Kier alpha value is -3.39. The Morgan fingerprint density at radius 3 is 2.84 bits per heavy atom. The lowest BCUT2D eigenvalue weighted by molar-refractivity contribution is -0.137.